The highest BCUT2D eigenvalue weighted by Crippen LogP contribution is 2.28. The van der Waals surface area contributed by atoms with Gasteiger partial charge < -0.3 is 19.3 Å². The number of methoxy groups -OCH3 is 2. The van der Waals surface area contributed by atoms with Gasteiger partial charge in [-0.1, -0.05) is 13.3 Å². The van der Waals surface area contributed by atoms with Crippen LogP contribution in [0.5, 0.6) is 11.5 Å². The molecule has 2 atom stereocenters. The highest BCUT2D eigenvalue weighted by Gasteiger charge is 2.32. The average molecular weight is 347 g/mol. The second-order valence-corrected chi connectivity index (χ2v) is 7.49. The van der Waals surface area contributed by atoms with Gasteiger partial charge in [0.25, 0.3) is 5.91 Å². The number of nitrogens with zero attached hydrogens (tertiary/aromatic N) is 1. The zero-order valence-corrected chi connectivity index (χ0v) is 15.7. The summed E-state index contributed by atoms with van der Waals surface area (Å²) in [6, 6.07) is 6.20. The van der Waals surface area contributed by atoms with E-state index in [4.69, 9.17) is 9.47 Å². The summed E-state index contributed by atoms with van der Waals surface area (Å²) in [5.41, 5.74) is 0.674. The molecule has 1 N–H and O–H groups in total. The first kappa shape index (κ1) is 18.1. The van der Waals surface area contributed by atoms with Crippen LogP contribution in [0.2, 0.25) is 0 Å². The van der Waals surface area contributed by atoms with Gasteiger partial charge in [-0.15, -0.1) is 0 Å². The maximum absolute atomic E-state index is 12.8. The minimum atomic E-state index is 0.0945. The molecule has 1 saturated carbocycles. The lowest BCUT2D eigenvalue weighted by atomic mass is 9.86. The van der Waals surface area contributed by atoms with Crippen molar-refractivity contribution >= 4 is 5.91 Å². The number of quaternary nitrogens is 1. The SMILES string of the molecule is COc1ccc(C(=O)N2CC[NH+]([C@H]3CCC[C@H](C)C3)CC2)cc1OC. The lowest BCUT2D eigenvalue weighted by molar-refractivity contribution is -0.930. The Morgan fingerprint density at radius 3 is 2.48 bits per heavy atom. The first-order valence-corrected chi connectivity index (χ1v) is 9.48. The third-order valence-electron chi connectivity index (χ3n) is 5.84. The minimum absolute atomic E-state index is 0.0945. The van der Waals surface area contributed by atoms with E-state index in [1.165, 1.54) is 25.7 Å². The van der Waals surface area contributed by atoms with Crippen LogP contribution in [0.4, 0.5) is 0 Å². The van der Waals surface area contributed by atoms with Crippen molar-refractivity contribution in [2.24, 2.45) is 5.92 Å². The molecule has 25 heavy (non-hydrogen) atoms. The van der Waals surface area contributed by atoms with Crippen molar-refractivity contribution in [2.75, 3.05) is 40.4 Å². The molecule has 0 unspecified atom stereocenters. The predicted molar refractivity (Wildman–Crippen MR) is 97.6 cm³/mol. The Hall–Kier alpha value is -1.75. The van der Waals surface area contributed by atoms with Crippen LogP contribution in [0.3, 0.4) is 0 Å². The van der Waals surface area contributed by atoms with Crippen LogP contribution in [-0.2, 0) is 0 Å². The number of benzene rings is 1. The van der Waals surface area contributed by atoms with Crippen molar-refractivity contribution in [3.8, 4) is 11.5 Å². The summed E-state index contributed by atoms with van der Waals surface area (Å²) in [7, 11) is 3.20. The summed E-state index contributed by atoms with van der Waals surface area (Å²) in [6.07, 6.45) is 5.44. The molecular formula is C20H31N2O3+. The van der Waals surface area contributed by atoms with Gasteiger partial charge >= 0.3 is 0 Å². The van der Waals surface area contributed by atoms with Gasteiger partial charge in [0.1, 0.15) is 0 Å². The standard InChI is InChI=1S/C20H30N2O3/c1-15-5-4-6-17(13-15)21-9-11-22(12-10-21)20(23)16-7-8-18(24-2)19(14-16)25-3/h7-8,14-15,17H,4-6,9-13H2,1-3H3/p+1/t15-,17-/m0/s1. The molecule has 0 spiro atoms. The van der Waals surface area contributed by atoms with Crippen molar-refractivity contribution in [3.63, 3.8) is 0 Å². The molecule has 1 heterocycles. The quantitative estimate of drug-likeness (QED) is 0.900. The van der Waals surface area contributed by atoms with Gasteiger partial charge in [-0.2, -0.15) is 0 Å². The van der Waals surface area contributed by atoms with Crippen LogP contribution in [-0.4, -0.2) is 57.2 Å². The van der Waals surface area contributed by atoms with E-state index in [2.05, 4.69) is 6.92 Å². The van der Waals surface area contributed by atoms with Crippen molar-refractivity contribution in [2.45, 2.75) is 38.6 Å². The largest absolute Gasteiger partial charge is 0.493 e. The summed E-state index contributed by atoms with van der Waals surface area (Å²) >= 11 is 0. The van der Waals surface area contributed by atoms with Gasteiger partial charge in [0.15, 0.2) is 11.5 Å². The molecule has 1 aromatic rings. The number of ether oxygens (including phenoxy) is 2. The first-order valence-electron chi connectivity index (χ1n) is 9.48. The molecule has 2 aliphatic rings. The van der Waals surface area contributed by atoms with Gasteiger partial charge in [-0.3, -0.25) is 4.79 Å². The monoisotopic (exact) mass is 347 g/mol. The summed E-state index contributed by atoms with van der Waals surface area (Å²) in [4.78, 5) is 16.5. The van der Waals surface area contributed by atoms with Gasteiger partial charge in [0.2, 0.25) is 0 Å². The molecule has 0 aromatic heterocycles. The number of nitrogens with one attached hydrogen (secondary N) is 1. The van der Waals surface area contributed by atoms with Gasteiger partial charge in [0.05, 0.1) is 46.4 Å². The normalized spacial score (nSPS) is 24.8. The molecule has 138 valence electrons. The summed E-state index contributed by atoms with van der Waals surface area (Å²) < 4.78 is 10.6. The number of hydrogen-bond acceptors (Lipinski definition) is 3. The number of amides is 1. The molecular weight excluding hydrogens is 316 g/mol. The second kappa shape index (κ2) is 8.09. The van der Waals surface area contributed by atoms with E-state index in [1.807, 2.05) is 11.0 Å². The van der Waals surface area contributed by atoms with Crippen LogP contribution < -0.4 is 14.4 Å². The Labute approximate surface area is 150 Å². The Kier molecular flexibility index (Phi) is 5.84. The maximum atomic E-state index is 12.8. The average Bonchev–Trinajstić information content (AvgIpc) is 2.67. The molecule has 1 aliphatic heterocycles. The Morgan fingerprint density at radius 2 is 1.84 bits per heavy atom. The van der Waals surface area contributed by atoms with E-state index in [9.17, 15) is 4.79 Å². The molecule has 2 fully saturated rings. The number of rotatable bonds is 4. The fourth-order valence-electron chi connectivity index (χ4n) is 4.36. The number of carbonyl (C=O) groups is 1. The van der Waals surface area contributed by atoms with Gasteiger partial charge in [-0.25, -0.2) is 0 Å². The van der Waals surface area contributed by atoms with E-state index in [0.29, 0.717) is 17.1 Å². The van der Waals surface area contributed by atoms with Crippen molar-refractivity contribution in [1.82, 2.24) is 4.90 Å². The molecule has 1 saturated heterocycles. The Morgan fingerprint density at radius 1 is 1.12 bits per heavy atom. The van der Waals surface area contributed by atoms with E-state index in [0.717, 1.165) is 38.1 Å². The molecule has 5 heteroatoms. The molecule has 3 rings (SSSR count). The predicted octanol–water partition coefficient (Wildman–Crippen LogP) is 1.62. The fourth-order valence-corrected chi connectivity index (χ4v) is 4.36. The molecule has 1 amide bonds. The lowest BCUT2D eigenvalue weighted by Crippen LogP contribution is -3.18. The van der Waals surface area contributed by atoms with Gasteiger partial charge in [0, 0.05) is 12.0 Å². The molecule has 0 radical (unpaired) electrons. The molecule has 1 aliphatic carbocycles. The topological polar surface area (TPSA) is 43.2 Å². The van der Waals surface area contributed by atoms with E-state index in [1.54, 1.807) is 31.3 Å². The molecule has 0 bridgehead atoms. The van der Waals surface area contributed by atoms with Crippen molar-refractivity contribution < 1.29 is 19.2 Å². The van der Waals surface area contributed by atoms with Crippen LogP contribution in [0.1, 0.15) is 43.0 Å². The smallest absolute Gasteiger partial charge is 0.254 e. The maximum Gasteiger partial charge on any atom is 0.254 e. The van der Waals surface area contributed by atoms with E-state index >= 15 is 0 Å². The lowest BCUT2D eigenvalue weighted by Gasteiger charge is -2.39. The number of carbonyl (C=O) groups excluding carboxylic acids is 1. The number of piperazine rings is 1. The van der Waals surface area contributed by atoms with Crippen LogP contribution in [0.25, 0.3) is 0 Å². The minimum Gasteiger partial charge on any atom is -0.493 e. The van der Waals surface area contributed by atoms with Crippen molar-refractivity contribution in [1.29, 1.82) is 0 Å². The third kappa shape index (κ3) is 4.09. The van der Waals surface area contributed by atoms with Crippen LogP contribution in [0, 0.1) is 5.92 Å². The summed E-state index contributed by atoms with van der Waals surface area (Å²) in [5.74, 6) is 2.21. The third-order valence-corrected chi connectivity index (χ3v) is 5.84. The second-order valence-electron chi connectivity index (χ2n) is 7.49. The Balaban J connectivity index is 1.60. The first-order chi connectivity index (χ1) is 12.1. The van der Waals surface area contributed by atoms with Crippen LogP contribution in [0.15, 0.2) is 18.2 Å². The van der Waals surface area contributed by atoms with Crippen molar-refractivity contribution in [3.05, 3.63) is 23.8 Å². The number of hydrogen-bond donors (Lipinski definition) is 1. The highest BCUT2D eigenvalue weighted by atomic mass is 16.5. The summed E-state index contributed by atoms with van der Waals surface area (Å²) in [5, 5.41) is 0. The Bertz CT molecular complexity index is 597. The van der Waals surface area contributed by atoms with E-state index < -0.39 is 0 Å². The zero-order chi connectivity index (χ0) is 17.8. The van der Waals surface area contributed by atoms with E-state index in [-0.39, 0.29) is 5.91 Å². The molecule has 1 aromatic carbocycles. The van der Waals surface area contributed by atoms with Crippen LogP contribution >= 0.6 is 0 Å². The fraction of sp³-hybridized carbons (Fsp3) is 0.650. The highest BCUT2D eigenvalue weighted by molar-refractivity contribution is 5.95. The zero-order valence-electron chi connectivity index (χ0n) is 15.7. The van der Waals surface area contributed by atoms with Gasteiger partial charge in [-0.05, 0) is 37.0 Å². The molecule has 5 nitrogen and oxygen atoms in total. The summed E-state index contributed by atoms with van der Waals surface area (Å²) in [6.45, 7) is 6.19.